The van der Waals surface area contributed by atoms with Crippen molar-refractivity contribution in [1.29, 1.82) is 0 Å². The van der Waals surface area contributed by atoms with Gasteiger partial charge in [-0.1, -0.05) is 13.8 Å². The van der Waals surface area contributed by atoms with Crippen molar-refractivity contribution in [2.24, 2.45) is 0 Å². The molecule has 0 aliphatic heterocycles. The van der Waals surface area contributed by atoms with Gasteiger partial charge in [0.25, 0.3) is 0 Å². The van der Waals surface area contributed by atoms with Gasteiger partial charge in [-0.15, -0.1) is 0 Å². The number of anilines is 2. The molecule has 0 aliphatic carbocycles. The first-order chi connectivity index (χ1) is 9.56. The van der Waals surface area contributed by atoms with Crippen LogP contribution in [0.3, 0.4) is 0 Å². The van der Waals surface area contributed by atoms with Gasteiger partial charge in [-0.25, -0.2) is 23.1 Å². The van der Waals surface area contributed by atoms with Crippen molar-refractivity contribution in [3.63, 3.8) is 0 Å². The molecule has 0 saturated carbocycles. The summed E-state index contributed by atoms with van der Waals surface area (Å²) in [6.07, 6.45) is 2.63. The standard InChI is InChI=1S/C13H25N5O2S/c1-9(2)10-11(14-5)16-8-17-12(10)15-7-13(3,4)18-21(6,19)20/h8-9,18H,7H2,1-6H3,(H2,14,15,16,17). The largest absolute Gasteiger partial charge is 0.373 e. The van der Waals surface area contributed by atoms with Crippen molar-refractivity contribution in [1.82, 2.24) is 14.7 Å². The Kier molecular flexibility index (Phi) is 5.52. The SMILES string of the molecule is CNc1ncnc(NCC(C)(C)NS(C)(=O)=O)c1C(C)C. The van der Waals surface area contributed by atoms with E-state index >= 15 is 0 Å². The number of nitrogens with one attached hydrogen (secondary N) is 3. The van der Waals surface area contributed by atoms with Crippen molar-refractivity contribution in [3.05, 3.63) is 11.9 Å². The fourth-order valence-electron chi connectivity index (χ4n) is 2.13. The Balaban J connectivity index is 2.94. The molecule has 0 aromatic carbocycles. The highest BCUT2D eigenvalue weighted by Gasteiger charge is 2.23. The Hall–Kier alpha value is -1.41. The van der Waals surface area contributed by atoms with Crippen molar-refractivity contribution < 1.29 is 8.42 Å². The van der Waals surface area contributed by atoms with Gasteiger partial charge >= 0.3 is 0 Å². The molecule has 0 aliphatic rings. The molecule has 1 heterocycles. The lowest BCUT2D eigenvalue weighted by Crippen LogP contribution is -2.48. The first-order valence-corrected chi connectivity index (χ1v) is 8.70. The maximum absolute atomic E-state index is 11.4. The third-order valence-corrected chi connectivity index (χ3v) is 3.78. The summed E-state index contributed by atoms with van der Waals surface area (Å²) in [7, 11) is -1.45. The molecule has 0 bridgehead atoms. The molecule has 0 radical (unpaired) electrons. The van der Waals surface area contributed by atoms with Crippen LogP contribution in [0.5, 0.6) is 0 Å². The van der Waals surface area contributed by atoms with Gasteiger partial charge in [-0.05, 0) is 19.8 Å². The molecule has 21 heavy (non-hydrogen) atoms. The molecular formula is C13H25N5O2S. The van der Waals surface area contributed by atoms with Crippen LogP contribution in [0, 0.1) is 0 Å². The van der Waals surface area contributed by atoms with Crippen LogP contribution < -0.4 is 15.4 Å². The number of rotatable bonds is 7. The zero-order chi connectivity index (χ0) is 16.3. The number of hydrogen-bond acceptors (Lipinski definition) is 6. The highest BCUT2D eigenvalue weighted by atomic mass is 32.2. The lowest BCUT2D eigenvalue weighted by Gasteiger charge is -2.26. The van der Waals surface area contributed by atoms with E-state index in [0.29, 0.717) is 12.4 Å². The number of aromatic nitrogens is 2. The van der Waals surface area contributed by atoms with E-state index in [9.17, 15) is 8.42 Å². The van der Waals surface area contributed by atoms with Gasteiger partial charge in [0.2, 0.25) is 10.0 Å². The van der Waals surface area contributed by atoms with Crippen LogP contribution in [0.1, 0.15) is 39.2 Å². The van der Waals surface area contributed by atoms with Gasteiger partial charge in [0.1, 0.15) is 18.0 Å². The summed E-state index contributed by atoms with van der Waals surface area (Å²) >= 11 is 0. The summed E-state index contributed by atoms with van der Waals surface area (Å²) < 4.78 is 25.3. The van der Waals surface area contributed by atoms with E-state index in [0.717, 1.165) is 17.6 Å². The predicted octanol–water partition coefficient (Wildman–Crippen LogP) is 1.38. The van der Waals surface area contributed by atoms with E-state index in [4.69, 9.17) is 0 Å². The van der Waals surface area contributed by atoms with Crippen LogP contribution in [0.4, 0.5) is 11.6 Å². The smallest absolute Gasteiger partial charge is 0.209 e. The summed E-state index contributed by atoms with van der Waals surface area (Å²) in [6, 6.07) is 0. The van der Waals surface area contributed by atoms with Crippen LogP contribution in [0.15, 0.2) is 6.33 Å². The summed E-state index contributed by atoms with van der Waals surface area (Å²) in [5.74, 6) is 1.73. The maximum atomic E-state index is 11.4. The highest BCUT2D eigenvalue weighted by Crippen LogP contribution is 2.28. The first-order valence-electron chi connectivity index (χ1n) is 6.81. The van der Waals surface area contributed by atoms with Gasteiger partial charge in [0.05, 0.1) is 6.26 Å². The molecule has 0 spiro atoms. The number of hydrogen-bond donors (Lipinski definition) is 3. The molecule has 120 valence electrons. The lowest BCUT2D eigenvalue weighted by atomic mass is 10.0. The van der Waals surface area contributed by atoms with Gasteiger partial charge in [-0.3, -0.25) is 0 Å². The zero-order valence-electron chi connectivity index (χ0n) is 13.5. The van der Waals surface area contributed by atoms with Crippen LogP contribution in [0.2, 0.25) is 0 Å². The van der Waals surface area contributed by atoms with E-state index in [-0.39, 0.29) is 5.92 Å². The lowest BCUT2D eigenvalue weighted by molar-refractivity contribution is 0.475. The third-order valence-electron chi connectivity index (χ3n) is 2.86. The van der Waals surface area contributed by atoms with Crippen LogP contribution in [-0.4, -0.2) is 43.8 Å². The van der Waals surface area contributed by atoms with Crippen molar-refractivity contribution in [2.75, 3.05) is 30.5 Å². The average molecular weight is 315 g/mol. The van der Waals surface area contributed by atoms with Gasteiger partial charge in [0, 0.05) is 24.7 Å². The minimum atomic E-state index is -3.26. The summed E-state index contributed by atoms with van der Waals surface area (Å²) in [5.41, 5.74) is 0.363. The van der Waals surface area contributed by atoms with Crippen molar-refractivity contribution >= 4 is 21.7 Å². The highest BCUT2D eigenvalue weighted by molar-refractivity contribution is 7.88. The van der Waals surface area contributed by atoms with Crippen LogP contribution >= 0.6 is 0 Å². The quantitative estimate of drug-likeness (QED) is 0.703. The summed E-state index contributed by atoms with van der Waals surface area (Å²) in [6.45, 7) is 8.17. The van der Waals surface area contributed by atoms with E-state index in [1.807, 2.05) is 20.9 Å². The second-order valence-corrected chi connectivity index (χ2v) is 7.75. The second-order valence-electron chi connectivity index (χ2n) is 6.00. The Morgan fingerprint density at radius 1 is 1.24 bits per heavy atom. The molecule has 0 atom stereocenters. The van der Waals surface area contributed by atoms with Crippen molar-refractivity contribution in [3.8, 4) is 0 Å². The normalized spacial score (nSPS) is 12.5. The van der Waals surface area contributed by atoms with E-state index in [1.165, 1.54) is 6.33 Å². The molecule has 0 unspecified atom stereocenters. The minimum absolute atomic E-state index is 0.238. The van der Waals surface area contributed by atoms with Crippen molar-refractivity contribution in [2.45, 2.75) is 39.2 Å². The molecule has 7 nitrogen and oxygen atoms in total. The van der Waals surface area contributed by atoms with Gasteiger partial charge < -0.3 is 10.6 Å². The number of nitrogens with zero attached hydrogens (tertiary/aromatic N) is 2. The Morgan fingerprint density at radius 3 is 2.29 bits per heavy atom. The molecule has 1 rings (SSSR count). The minimum Gasteiger partial charge on any atom is -0.373 e. The molecular weight excluding hydrogens is 290 g/mol. The molecule has 1 aromatic rings. The molecule has 3 N–H and O–H groups in total. The summed E-state index contributed by atoms with van der Waals surface area (Å²) in [5, 5.41) is 6.26. The zero-order valence-corrected chi connectivity index (χ0v) is 14.3. The fourth-order valence-corrected chi connectivity index (χ4v) is 3.20. The molecule has 8 heteroatoms. The van der Waals surface area contributed by atoms with Gasteiger partial charge in [-0.2, -0.15) is 0 Å². The predicted molar refractivity (Wildman–Crippen MR) is 86.2 cm³/mol. The molecule has 0 fully saturated rings. The first kappa shape index (κ1) is 17.6. The van der Waals surface area contributed by atoms with Gasteiger partial charge in [0.15, 0.2) is 0 Å². The summed E-state index contributed by atoms with van der Waals surface area (Å²) in [4.78, 5) is 8.48. The second kappa shape index (κ2) is 6.57. The molecule has 1 aromatic heterocycles. The monoisotopic (exact) mass is 315 g/mol. The third kappa shape index (κ3) is 5.47. The average Bonchev–Trinajstić information content (AvgIpc) is 2.32. The fraction of sp³-hybridized carbons (Fsp3) is 0.692. The molecule has 0 saturated heterocycles. The Labute approximate surface area is 127 Å². The molecule has 0 amide bonds. The topological polar surface area (TPSA) is 96.0 Å². The number of sulfonamides is 1. The maximum Gasteiger partial charge on any atom is 0.209 e. The Bertz CT molecular complexity index is 584. The van der Waals surface area contributed by atoms with E-state index < -0.39 is 15.6 Å². The van der Waals surface area contributed by atoms with Crippen LogP contribution in [0.25, 0.3) is 0 Å². The van der Waals surface area contributed by atoms with E-state index in [2.05, 4.69) is 39.2 Å². The van der Waals surface area contributed by atoms with Crippen LogP contribution in [-0.2, 0) is 10.0 Å². The Morgan fingerprint density at radius 2 is 1.81 bits per heavy atom. The van der Waals surface area contributed by atoms with E-state index in [1.54, 1.807) is 0 Å².